The molecule has 1 amide bonds. The average molecular weight is 302 g/mol. The molecule has 0 radical (unpaired) electrons. The Bertz CT molecular complexity index is 667. The van der Waals surface area contributed by atoms with Crippen LogP contribution in [0.15, 0.2) is 18.5 Å². The summed E-state index contributed by atoms with van der Waals surface area (Å²) in [6, 6.07) is 2.09. The lowest BCUT2D eigenvalue weighted by molar-refractivity contribution is 0.0723. The minimum absolute atomic E-state index is 0.00478. The summed E-state index contributed by atoms with van der Waals surface area (Å²) in [6.07, 6.45) is 8.38. The molecule has 0 aromatic carbocycles. The molecule has 0 spiro atoms. The number of carbonyl (C=O) groups is 1. The van der Waals surface area contributed by atoms with Gasteiger partial charge >= 0.3 is 0 Å². The van der Waals surface area contributed by atoms with Crippen LogP contribution in [0.5, 0.6) is 0 Å². The minimum Gasteiger partial charge on any atom is -0.396 e. The van der Waals surface area contributed by atoms with Gasteiger partial charge in [-0.1, -0.05) is 13.3 Å². The van der Waals surface area contributed by atoms with Crippen molar-refractivity contribution < 1.29 is 9.90 Å². The van der Waals surface area contributed by atoms with Crippen molar-refractivity contribution in [2.45, 2.75) is 45.1 Å². The van der Waals surface area contributed by atoms with Crippen molar-refractivity contribution in [2.24, 2.45) is 0 Å². The van der Waals surface area contributed by atoms with Crippen LogP contribution in [0.4, 0.5) is 0 Å². The second-order valence-electron chi connectivity index (χ2n) is 5.85. The van der Waals surface area contributed by atoms with Gasteiger partial charge in [0.2, 0.25) is 0 Å². The average Bonchev–Trinajstić information content (AvgIpc) is 3.13. The van der Waals surface area contributed by atoms with Crippen LogP contribution < -0.4 is 0 Å². The van der Waals surface area contributed by atoms with Crippen molar-refractivity contribution in [1.82, 2.24) is 19.5 Å². The predicted octanol–water partition coefficient (Wildman–Crippen LogP) is 1.67. The maximum Gasteiger partial charge on any atom is 0.274 e. The van der Waals surface area contributed by atoms with Gasteiger partial charge in [-0.2, -0.15) is 5.10 Å². The first kappa shape index (κ1) is 15.0. The van der Waals surface area contributed by atoms with E-state index in [-0.39, 0.29) is 12.5 Å². The lowest BCUT2D eigenvalue weighted by atomic mass is 10.1. The van der Waals surface area contributed by atoms with Crippen molar-refractivity contribution in [2.75, 3.05) is 13.2 Å². The lowest BCUT2D eigenvalue weighted by Gasteiger charge is -2.23. The van der Waals surface area contributed by atoms with Crippen LogP contribution in [-0.2, 0) is 6.42 Å². The molecule has 3 rings (SSSR count). The van der Waals surface area contributed by atoms with E-state index in [1.807, 2.05) is 11.1 Å². The molecule has 2 aromatic heterocycles. The van der Waals surface area contributed by atoms with Crippen molar-refractivity contribution in [3.63, 3.8) is 0 Å². The number of likely N-dealkylation sites (tertiary alicyclic amines) is 1. The van der Waals surface area contributed by atoms with Crippen molar-refractivity contribution in [1.29, 1.82) is 0 Å². The maximum atomic E-state index is 12.7. The Hall–Kier alpha value is -1.95. The normalized spacial score (nSPS) is 18.3. The Kier molecular flexibility index (Phi) is 4.38. The molecule has 1 saturated heterocycles. The fourth-order valence-corrected chi connectivity index (χ4v) is 3.16. The number of aliphatic hydroxyl groups excluding tert-OH is 1. The third-order valence-electron chi connectivity index (χ3n) is 4.25. The highest BCUT2D eigenvalue weighted by atomic mass is 16.3. The van der Waals surface area contributed by atoms with Gasteiger partial charge in [-0.05, 0) is 31.2 Å². The molecule has 0 saturated carbocycles. The van der Waals surface area contributed by atoms with Gasteiger partial charge in [0, 0.05) is 37.7 Å². The SMILES string of the molecule is CCCC1CCCN1C(=O)c1cc2ncc(CCO)cn2n1. The number of amides is 1. The summed E-state index contributed by atoms with van der Waals surface area (Å²) >= 11 is 0. The summed E-state index contributed by atoms with van der Waals surface area (Å²) in [5.74, 6) is 0.00478. The molecule has 0 aliphatic carbocycles. The van der Waals surface area contributed by atoms with Crippen LogP contribution in [0.3, 0.4) is 0 Å². The monoisotopic (exact) mass is 302 g/mol. The zero-order valence-corrected chi connectivity index (χ0v) is 12.9. The van der Waals surface area contributed by atoms with E-state index >= 15 is 0 Å². The van der Waals surface area contributed by atoms with Crippen molar-refractivity contribution >= 4 is 11.6 Å². The number of aliphatic hydroxyl groups is 1. The fraction of sp³-hybridized carbons (Fsp3) is 0.562. The zero-order chi connectivity index (χ0) is 15.5. The second kappa shape index (κ2) is 6.44. The number of carbonyl (C=O) groups excluding carboxylic acids is 1. The molecule has 1 atom stereocenters. The minimum atomic E-state index is 0.00478. The highest BCUT2D eigenvalue weighted by Gasteiger charge is 2.30. The molecule has 1 unspecified atom stereocenters. The first-order valence-corrected chi connectivity index (χ1v) is 7.99. The Labute approximate surface area is 129 Å². The Morgan fingerprint density at radius 1 is 1.50 bits per heavy atom. The molecule has 118 valence electrons. The van der Waals surface area contributed by atoms with E-state index in [9.17, 15) is 4.79 Å². The Balaban J connectivity index is 1.84. The van der Waals surface area contributed by atoms with Crippen LogP contribution in [0.25, 0.3) is 5.65 Å². The highest BCUT2D eigenvalue weighted by Crippen LogP contribution is 2.23. The van der Waals surface area contributed by atoms with E-state index in [0.29, 0.717) is 23.8 Å². The van der Waals surface area contributed by atoms with Gasteiger partial charge in [-0.15, -0.1) is 0 Å². The summed E-state index contributed by atoms with van der Waals surface area (Å²) in [5, 5.41) is 13.4. The van der Waals surface area contributed by atoms with Gasteiger partial charge in [-0.3, -0.25) is 4.79 Å². The van der Waals surface area contributed by atoms with E-state index in [0.717, 1.165) is 37.8 Å². The molecular formula is C16H22N4O2. The van der Waals surface area contributed by atoms with Crippen LogP contribution in [0.2, 0.25) is 0 Å². The number of hydrogen-bond acceptors (Lipinski definition) is 4. The topological polar surface area (TPSA) is 70.7 Å². The Morgan fingerprint density at radius 2 is 2.36 bits per heavy atom. The maximum absolute atomic E-state index is 12.7. The van der Waals surface area contributed by atoms with E-state index < -0.39 is 0 Å². The van der Waals surface area contributed by atoms with Crippen LogP contribution in [0, 0.1) is 0 Å². The number of hydrogen-bond donors (Lipinski definition) is 1. The van der Waals surface area contributed by atoms with E-state index in [1.54, 1.807) is 16.8 Å². The van der Waals surface area contributed by atoms with Crippen LogP contribution in [-0.4, -0.2) is 49.7 Å². The quantitative estimate of drug-likeness (QED) is 0.912. The number of rotatable bonds is 5. The first-order chi connectivity index (χ1) is 10.7. The molecule has 1 aliphatic heterocycles. The number of aromatic nitrogens is 3. The summed E-state index contributed by atoms with van der Waals surface area (Å²) in [5.41, 5.74) is 2.02. The summed E-state index contributed by atoms with van der Waals surface area (Å²) in [7, 11) is 0. The molecule has 1 fully saturated rings. The van der Waals surface area contributed by atoms with Crippen LogP contribution >= 0.6 is 0 Å². The molecule has 1 aliphatic rings. The first-order valence-electron chi connectivity index (χ1n) is 7.99. The van der Waals surface area contributed by atoms with Gasteiger partial charge < -0.3 is 10.0 Å². The Morgan fingerprint density at radius 3 is 3.14 bits per heavy atom. The predicted molar refractivity (Wildman–Crippen MR) is 82.7 cm³/mol. The standard InChI is InChI=1S/C16H22N4O2/c1-2-4-13-5-3-7-19(13)16(22)14-9-15-17-10-12(6-8-21)11-20(15)18-14/h9-11,13,21H,2-8H2,1H3. The molecule has 6 heteroatoms. The molecule has 2 aromatic rings. The van der Waals surface area contributed by atoms with E-state index in [1.165, 1.54) is 0 Å². The number of nitrogens with zero attached hydrogens (tertiary/aromatic N) is 4. The van der Waals surface area contributed by atoms with Gasteiger partial charge in [0.05, 0.1) is 0 Å². The van der Waals surface area contributed by atoms with E-state index in [2.05, 4.69) is 17.0 Å². The molecule has 22 heavy (non-hydrogen) atoms. The molecule has 6 nitrogen and oxygen atoms in total. The van der Waals surface area contributed by atoms with Gasteiger partial charge in [-0.25, -0.2) is 9.50 Å². The number of fused-ring (bicyclic) bond motifs is 1. The molecule has 3 heterocycles. The van der Waals surface area contributed by atoms with E-state index in [4.69, 9.17) is 5.11 Å². The smallest absolute Gasteiger partial charge is 0.274 e. The summed E-state index contributed by atoms with van der Waals surface area (Å²) in [4.78, 5) is 19.0. The third kappa shape index (κ3) is 2.83. The highest BCUT2D eigenvalue weighted by molar-refractivity contribution is 5.93. The second-order valence-corrected chi connectivity index (χ2v) is 5.85. The van der Waals surface area contributed by atoms with Gasteiger partial charge in [0.15, 0.2) is 11.3 Å². The zero-order valence-electron chi connectivity index (χ0n) is 12.9. The van der Waals surface area contributed by atoms with Crippen LogP contribution in [0.1, 0.15) is 48.7 Å². The van der Waals surface area contributed by atoms with Gasteiger partial charge in [0.1, 0.15) is 0 Å². The summed E-state index contributed by atoms with van der Waals surface area (Å²) < 4.78 is 1.63. The third-order valence-corrected chi connectivity index (χ3v) is 4.25. The van der Waals surface area contributed by atoms with Gasteiger partial charge in [0.25, 0.3) is 5.91 Å². The molecule has 0 bridgehead atoms. The van der Waals surface area contributed by atoms with Crippen molar-refractivity contribution in [3.8, 4) is 0 Å². The molecular weight excluding hydrogens is 280 g/mol. The van der Waals surface area contributed by atoms with Crippen molar-refractivity contribution in [3.05, 3.63) is 29.7 Å². The molecule has 1 N–H and O–H groups in total. The lowest BCUT2D eigenvalue weighted by Crippen LogP contribution is -2.35. The fourth-order valence-electron chi connectivity index (χ4n) is 3.16. The largest absolute Gasteiger partial charge is 0.396 e. The summed E-state index contributed by atoms with van der Waals surface area (Å²) in [6.45, 7) is 3.05.